The maximum absolute atomic E-state index is 12.6. The predicted octanol–water partition coefficient (Wildman–Crippen LogP) is 0.344. The van der Waals surface area contributed by atoms with Gasteiger partial charge < -0.3 is 10.8 Å². The third-order valence-corrected chi connectivity index (χ3v) is 5.62. The number of hydrogen-bond donors (Lipinski definition) is 2. The Bertz CT molecular complexity index is 572. The molecule has 0 spiro atoms. The zero-order chi connectivity index (χ0) is 15.6. The number of aliphatic hydroxyl groups excluding tert-OH is 1. The number of anilines is 1. The fourth-order valence-corrected chi connectivity index (χ4v) is 3.93. The first-order valence-corrected chi connectivity index (χ1v) is 8.52. The lowest BCUT2D eigenvalue weighted by molar-refractivity contribution is 0.109. The van der Waals surface area contributed by atoms with E-state index in [1.165, 1.54) is 16.4 Å². The molecule has 3 N–H and O–H groups in total. The molecule has 1 fully saturated rings. The number of benzene rings is 1. The summed E-state index contributed by atoms with van der Waals surface area (Å²) in [5.41, 5.74) is 6.12. The first-order valence-electron chi connectivity index (χ1n) is 7.08. The van der Waals surface area contributed by atoms with Crippen LogP contribution in [0.5, 0.6) is 0 Å². The first-order chi connectivity index (χ1) is 9.80. The number of sulfonamides is 1. The summed E-state index contributed by atoms with van der Waals surface area (Å²) in [6.07, 6.45) is -0.682. The third kappa shape index (κ3) is 3.74. The molecule has 0 saturated carbocycles. The van der Waals surface area contributed by atoms with Crippen molar-refractivity contribution in [1.82, 2.24) is 9.21 Å². The zero-order valence-corrected chi connectivity index (χ0v) is 13.3. The summed E-state index contributed by atoms with van der Waals surface area (Å²) >= 11 is 0. The van der Waals surface area contributed by atoms with Crippen molar-refractivity contribution in [3.05, 3.63) is 24.3 Å². The Morgan fingerprint density at radius 3 is 2.38 bits per heavy atom. The van der Waals surface area contributed by atoms with Crippen molar-refractivity contribution in [1.29, 1.82) is 0 Å². The standard InChI is InChI=1S/C14H23N3O3S/c1-11(2)16-7-8-17(10-13(18)9-16)21(19,20)14-5-3-12(15)4-6-14/h3-6,11,13,18H,7-10,15H2,1-2H3. The van der Waals surface area contributed by atoms with Gasteiger partial charge in [-0.2, -0.15) is 4.31 Å². The molecular weight excluding hydrogens is 290 g/mol. The van der Waals surface area contributed by atoms with Crippen LogP contribution in [0.3, 0.4) is 0 Å². The van der Waals surface area contributed by atoms with E-state index in [1.54, 1.807) is 12.1 Å². The van der Waals surface area contributed by atoms with Crippen LogP contribution in [0.1, 0.15) is 13.8 Å². The van der Waals surface area contributed by atoms with Gasteiger partial charge in [-0.25, -0.2) is 8.42 Å². The lowest BCUT2D eigenvalue weighted by Crippen LogP contribution is -2.37. The maximum Gasteiger partial charge on any atom is 0.243 e. The van der Waals surface area contributed by atoms with Crippen LogP contribution in [-0.2, 0) is 10.0 Å². The van der Waals surface area contributed by atoms with Crippen molar-refractivity contribution in [3.63, 3.8) is 0 Å². The molecular formula is C14H23N3O3S. The average molecular weight is 313 g/mol. The Balaban J connectivity index is 2.22. The van der Waals surface area contributed by atoms with Gasteiger partial charge in [-0.15, -0.1) is 0 Å². The number of nitrogens with two attached hydrogens (primary N) is 1. The summed E-state index contributed by atoms with van der Waals surface area (Å²) in [4.78, 5) is 2.30. The van der Waals surface area contributed by atoms with Crippen LogP contribution in [0.15, 0.2) is 29.2 Å². The number of rotatable bonds is 3. The second kappa shape index (κ2) is 6.31. The smallest absolute Gasteiger partial charge is 0.243 e. The number of β-amino-alcohol motifs (C(OH)–C–C–N with tert-alkyl or cyclic N) is 1. The van der Waals surface area contributed by atoms with Crippen LogP contribution in [0, 0.1) is 0 Å². The number of hydrogen-bond acceptors (Lipinski definition) is 5. The quantitative estimate of drug-likeness (QED) is 0.786. The molecule has 118 valence electrons. The summed E-state index contributed by atoms with van der Waals surface area (Å²) in [5.74, 6) is 0. The second-order valence-electron chi connectivity index (χ2n) is 5.67. The minimum absolute atomic E-state index is 0.121. The number of nitrogen functional groups attached to an aromatic ring is 1. The van der Waals surface area contributed by atoms with Crippen LogP contribution in [0.4, 0.5) is 5.69 Å². The summed E-state index contributed by atoms with van der Waals surface area (Å²) in [6, 6.07) is 6.42. The molecule has 1 saturated heterocycles. The highest BCUT2D eigenvalue weighted by atomic mass is 32.2. The van der Waals surface area contributed by atoms with Crippen molar-refractivity contribution in [2.75, 3.05) is 31.9 Å². The van der Waals surface area contributed by atoms with Crippen molar-refractivity contribution in [3.8, 4) is 0 Å². The van der Waals surface area contributed by atoms with Gasteiger partial charge in [0, 0.05) is 37.9 Å². The van der Waals surface area contributed by atoms with E-state index in [2.05, 4.69) is 4.90 Å². The van der Waals surface area contributed by atoms with Crippen molar-refractivity contribution in [2.45, 2.75) is 30.9 Å². The van der Waals surface area contributed by atoms with Crippen molar-refractivity contribution in [2.24, 2.45) is 0 Å². The van der Waals surface area contributed by atoms with E-state index in [4.69, 9.17) is 5.73 Å². The van der Waals surface area contributed by atoms with E-state index in [0.29, 0.717) is 25.3 Å². The Morgan fingerprint density at radius 1 is 1.19 bits per heavy atom. The van der Waals surface area contributed by atoms with Crippen LogP contribution in [0.2, 0.25) is 0 Å². The zero-order valence-electron chi connectivity index (χ0n) is 12.4. The van der Waals surface area contributed by atoms with Gasteiger partial charge in [0.2, 0.25) is 10.0 Å². The lowest BCUT2D eigenvalue weighted by Gasteiger charge is -2.25. The monoisotopic (exact) mass is 313 g/mol. The van der Waals surface area contributed by atoms with Crippen LogP contribution >= 0.6 is 0 Å². The van der Waals surface area contributed by atoms with E-state index in [1.807, 2.05) is 13.8 Å². The van der Waals surface area contributed by atoms with E-state index in [0.717, 1.165) is 0 Å². The SMILES string of the molecule is CC(C)N1CCN(S(=O)(=O)c2ccc(N)cc2)CC(O)C1. The highest BCUT2D eigenvalue weighted by Gasteiger charge is 2.30. The Hall–Kier alpha value is -1.15. The topological polar surface area (TPSA) is 86.9 Å². The molecule has 6 nitrogen and oxygen atoms in total. The second-order valence-corrected chi connectivity index (χ2v) is 7.61. The molecule has 1 unspecified atom stereocenters. The molecule has 0 aliphatic carbocycles. The summed E-state index contributed by atoms with van der Waals surface area (Å²) in [6.45, 7) is 5.68. The highest BCUT2D eigenvalue weighted by Crippen LogP contribution is 2.19. The molecule has 1 aliphatic heterocycles. The molecule has 2 rings (SSSR count). The van der Waals surface area contributed by atoms with E-state index >= 15 is 0 Å². The predicted molar refractivity (Wildman–Crippen MR) is 82.3 cm³/mol. The fourth-order valence-electron chi connectivity index (χ4n) is 2.46. The molecule has 21 heavy (non-hydrogen) atoms. The van der Waals surface area contributed by atoms with Gasteiger partial charge in [0.1, 0.15) is 0 Å². The lowest BCUT2D eigenvalue weighted by atomic mass is 10.3. The van der Waals surface area contributed by atoms with Crippen molar-refractivity contribution >= 4 is 15.7 Å². The number of aliphatic hydroxyl groups is 1. The van der Waals surface area contributed by atoms with Crippen LogP contribution in [-0.4, -0.2) is 61.1 Å². The minimum atomic E-state index is -3.59. The molecule has 1 aromatic carbocycles. The van der Waals surface area contributed by atoms with Gasteiger partial charge in [0.25, 0.3) is 0 Å². The van der Waals surface area contributed by atoms with Gasteiger partial charge in [-0.3, -0.25) is 4.90 Å². The molecule has 1 aliphatic rings. The van der Waals surface area contributed by atoms with Crippen molar-refractivity contribution < 1.29 is 13.5 Å². The van der Waals surface area contributed by atoms with Crippen LogP contribution < -0.4 is 5.73 Å². The molecule has 7 heteroatoms. The molecule has 1 atom stereocenters. The molecule has 0 amide bonds. The van der Waals surface area contributed by atoms with Gasteiger partial charge in [0.05, 0.1) is 11.0 Å². The largest absolute Gasteiger partial charge is 0.399 e. The molecule has 0 radical (unpaired) electrons. The van der Waals surface area contributed by atoms with E-state index in [-0.39, 0.29) is 17.5 Å². The fraction of sp³-hybridized carbons (Fsp3) is 0.571. The molecule has 0 bridgehead atoms. The molecule has 1 heterocycles. The summed E-state index contributed by atoms with van der Waals surface area (Å²) in [7, 11) is -3.59. The first kappa shape index (κ1) is 16.2. The van der Waals surface area contributed by atoms with Gasteiger partial charge in [-0.05, 0) is 38.1 Å². The van der Waals surface area contributed by atoms with Crippen LogP contribution in [0.25, 0.3) is 0 Å². The third-order valence-electron chi connectivity index (χ3n) is 3.74. The van der Waals surface area contributed by atoms with Gasteiger partial charge >= 0.3 is 0 Å². The molecule has 0 aromatic heterocycles. The maximum atomic E-state index is 12.6. The summed E-state index contributed by atoms with van der Waals surface area (Å²) < 4.78 is 26.6. The summed E-state index contributed by atoms with van der Waals surface area (Å²) in [5, 5.41) is 10.1. The van der Waals surface area contributed by atoms with Gasteiger partial charge in [0.15, 0.2) is 0 Å². The Labute approximate surface area is 126 Å². The van der Waals surface area contributed by atoms with Gasteiger partial charge in [-0.1, -0.05) is 0 Å². The highest BCUT2D eigenvalue weighted by molar-refractivity contribution is 7.89. The average Bonchev–Trinajstić information content (AvgIpc) is 2.61. The van der Waals surface area contributed by atoms with E-state index in [9.17, 15) is 13.5 Å². The minimum Gasteiger partial charge on any atom is -0.399 e. The normalized spacial score (nSPS) is 22.4. The Kier molecular flexibility index (Phi) is 4.88. The Morgan fingerprint density at radius 2 is 1.81 bits per heavy atom. The molecule has 1 aromatic rings. The van der Waals surface area contributed by atoms with E-state index < -0.39 is 16.1 Å². The number of nitrogens with zero attached hydrogens (tertiary/aromatic N) is 2.